The molecule has 3 fully saturated rings. The molecular formula is C24H29F3N4O2. The minimum atomic E-state index is -4.73. The Labute approximate surface area is 191 Å². The van der Waals surface area contributed by atoms with Gasteiger partial charge in [-0.3, -0.25) is 4.79 Å². The molecule has 33 heavy (non-hydrogen) atoms. The van der Waals surface area contributed by atoms with E-state index in [2.05, 4.69) is 14.6 Å². The normalized spacial score (nSPS) is 20.4. The molecule has 0 N–H and O–H groups in total. The van der Waals surface area contributed by atoms with Crippen LogP contribution in [0.1, 0.15) is 60.7 Å². The Hall–Kier alpha value is -2.55. The van der Waals surface area contributed by atoms with E-state index >= 15 is 0 Å². The lowest BCUT2D eigenvalue weighted by Crippen LogP contribution is -2.46. The number of benzene rings is 1. The second-order valence-corrected chi connectivity index (χ2v) is 9.31. The van der Waals surface area contributed by atoms with Gasteiger partial charge in [0.15, 0.2) is 0 Å². The maximum Gasteiger partial charge on any atom is 0.573 e. The van der Waals surface area contributed by atoms with Crippen molar-refractivity contribution in [2.24, 2.45) is 0 Å². The summed E-state index contributed by atoms with van der Waals surface area (Å²) in [4.78, 5) is 22.8. The number of aryl methyl sites for hydroxylation is 1. The van der Waals surface area contributed by atoms with Gasteiger partial charge in [-0.15, -0.1) is 13.2 Å². The van der Waals surface area contributed by atoms with Crippen LogP contribution < -0.4 is 4.74 Å². The number of carbonyl (C=O) groups excluding carboxylic acids is 1. The van der Waals surface area contributed by atoms with Gasteiger partial charge in [-0.2, -0.15) is 0 Å². The van der Waals surface area contributed by atoms with Gasteiger partial charge in [-0.05, 0) is 82.8 Å². The minimum absolute atomic E-state index is 0.00930. The number of ether oxygens (including phenoxy) is 1. The standard InChI is InChI=1S/C24H29F3N4O2/c1-16-21(23(32)30-14-10-18(11-15-30)29-12-2-3-13-29)31(19-6-7-19)22(28-16)17-4-8-20(9-5-17)33-24(25,26)27/h4-5,8-9,18-19H,2-3,6-7,10-15H2,1H3. The van der Waals surface area contributed by atoms with E-state index in [-0.39, 0.29) is 17.7 Å². The second-order valence-electron chi connectivity index (χ2n) is 9.31. The fraction of sp³-hybridized carbons (Fsp3) is 0.583. The third-order valence-corrected chi connectivity index (χ3v) is 6.95. The van der Waals surface area contributed by atoms with Crippen molar-refractivity contribution in [3.63, 3.8) is 0 Å². The van der Waals surface area contributed by atoms with Crippen LogP contribution in [-0.2, 0) is 0 Å². The molecule has 5 rings (SSSR count). The Morgan fingerprint density at radius 1 is 0.970 bits per heavy atom. The zero-order valence-electron chi connectivity index (χ0n) is 18.8. The van der Waals surface area contributed by atoms with E-state index in [1.165, 1.54) is 38.1 Å². The fourth-order valence-corrected chi connectivity index (χ4v) is 5.19. The smallest absolute Gasteiger partial charge is 0.406 e. The molecule has 3 aliphatic rings. The zero-order valence-corrected chi connectivity index (χ0v) is 18.8. The van der Waals surface area contributed by atoms with Crippen LogP contribution in [0.2, 0.25) is 0 Å². The first-order valence-electron chi connectivity index (χ1n) is 11.8. The number of aromatic nitrogens is 2. The predicted octanol–water partition coefficient (Wildman–Crippen LogP) is 4.79. The molecule has 0 unspecified atom stereocenters. The highest BCUT2D eigenvalue weighted by Gasteiger charge is 2.36. The monoisotopic (exact) mass is 462 g/mol. The van der Waals surface area contributed by atoms with Gasteiger partial charge < -0.3 is 19.1 Å². The Morgan fingerprint density at radius 3 is 2.18 bits per heavy atom. The molecule has 9 heteroatoms. The zero-order chi connectivity index (χ0) is 23.2. The van der Waals surface area contributed by atoms with Crippen molar-refractivity contribution >= 4 is 5.91 Å². The summed E-state index contributed by atoms with van der Waals surface area (Å²) >= 11 is 0. The first-order valence-corrected chi connectivity index (χ1v) is 11.8. The van der Waals surface area contributed by atoms with Gasteiger partial charge in [0.05, 0.1) is 5.69 Å². The number of amides is 1. The first kappa shape index (κ1) is 22.3. The van der Waals surface area contributed by atoms with E-state index < -0.39 is 6.36 Å². The van der Waals surface area contributed by atoms with E-state index in [0.717, 1.165) is 38.8 Å². The molecular weight excluding hydrogens is 433 g/mol. The van der Waals surface area contributed by atoms with E-state index in [1.54, 1.807) is 12.1 Å². The Morgan fingerprint density at radius 2 is 1.61 bits per heavy atom. The number of rotatable bonds is 5. The molecule has 2 saturated heterocycles. The summed E-state index contributed by atoms with van der Waals surface area (Å²) in [5, 5.41) is 0. The number of carbonyl (C=O) groups is 1. The van der Waals surface area contributed by atoms with Gasteiger partial charge in [0.25, 0.3) is 5.91 Å². The second kappa shape index (κ2) is 8.66. The number of halogens is 3. The number of hydrogen-bond donors (Lipinski definition) is 0. The molecule has 0 radical (unpaired) electrons. The number of hydrogen-bond acceptors (Lipinski definition) is 4. The van der Waals surface area contributed by atoms with Crippen LogP contribution in [0, 0.1) is 6.92 Å². The van der Waals surface area contributed by atoms with E-state index in [0.29, 0.717) is 28.8 Å². The summed E-state index contributed by atoms with van der Waals surface area (Å²) in [6.45, 7) is 5.67. The Kier molecular flexibility index (Phi) is 5.84. The van der Waals surface area contributed by atoms with Crippen molar-refractivity contribution in [2.45, 2.75) is 63.9 Å². The van der Waals surface area contributed by atoms with Crippen molar-refractivity contribution in [1.29, 1.82) is 0 Å². The lowest BCUT2D eigenvalue weighted by molar-refractivity contribution is -0.274. The first-order chi connectivity index (χ1) is 15.8. The molecule has 0 bridgehead atoms. The van der Waals surface area contributed by atoms with Gasteiger partial charge in [-0.25, -0.2) is 4.98 Å². The third-order valence-electron chi connectivity index (χ3n) is 6.95. The van der Waals surface area contributed by atoms with Crippen molar-refractivity contribution in [3.8, 4) is 17.1 Å². The van der Waals surface area contributed by atoms with Crippen LogP contribution in [0.25, 0.3) is 11.4 Å². The highest BCUT2D eigenvalue weighted by atomic mass is 19.4. The van der Waals surface area contributed by atoms with Crippen LogP contribution >= 0.6 is 0 Å². The lowest BCUT2D eigenvalue weighted by atomic mass is 10.0. The number of nitrogens with zero attached hydrogens (tertiary/aromatic N) is 4. The number of piperidine rings is 1. The quantitative estimate of drug-likeness (QED) is 0.641. The summed E-state index contributed by atoms with van der Waals surface area (Å²) in [5.41, 5.74) is 1.95. The summed E-state index contributed by atoms with van der Waals surface area (Å²) in [5.74, 6) is 0.364. The molecule has 1 aromatic carbocycles. The molecule has 1 aliphatic carbocycles. The average Bonchev–Trinajstić information content (AvgIpc) is 3.35. The number of likely N-dealkylation sites (tertiary alicyclic amines) is 2. The summed E-state index contributed by atoms with van der Waals surface area (Å²) < 4.78 is 43.5. The van der Waals surface area contributed by atoms with Gasteiger partial charge in [0.1, 0.15) is 17.3 Å². The van der Waals surface area contributed by atoms with Crippen LogP contribution in [0.15, 0.2) is 24.3 Å². The number of imidazole rings is 1. The molecule has 2 aliphatic heterocycles. The number of alkyl halides is 3. The Bertz CT molecular complexity index is 1000. The largest absolute Gasteiger partial charge is 0.573 e. The lowest BCUT2D eigenvalue weighted by Gasteiger charge is -2.36. The molecule has 2 aromatic rings. The van der Waals surface area contributed by atoms with E-state index in [9.17, 15) is 18.0 Å². The van der Waals surface area contributed by atoms with Gasteiger partial charge in [-0.1, -0.05) is 0 Å². The molecule has 0 atom stereocenters. The summed E-state index contributed by atoms with van der Waals surface area (Å²) in [7, 11) is 0. The van der Waals surface area contributed by atoms with E-state index in [4.69, 9.17) is 0 Å². The van der Waals surface area contributed by atoms with Gasteiger partial charge >= 0.3 is 6.36 Å². The highest BCUT2D eigenvalue weighted by molar-refractivity contribution is 5.95. The maximum atomic E-state index is 13.6. The van der Waals surface area contributed by atoms with Gasteiger partial charge in [0.2, 0.25) is 0 Å². The van der Waals surface area contributed by atoms with E-state index in [1.807, 2.05) is 16.4 Å². The van der Waals surface area contributed by atoms with Crippen molar-refractivity contribution in [1.82, 2.24) is 19.4 Å². The Balaban J connectivity index is 1.36. The average molecular weight is 463 g/mol. The molecule has 1 aromatic heterocycles. The van der Waals surface area contributed by atoms with Gasteiger partial charge in [0, 0.05) is 30.7 Å². The van der Waals surface area contributed by atoms with Crippen LogP contribution in [-0.4, -0.2) is 63.8 Å². The minimum Gasteiger partial charge on any atom is -0.406 e. The van der Waals surface area contributed by atoms with Crippen LogP contribution in [0.4, 0.5) is 13.2 Å². The summed E-state index contributed by atoms with van der Waals surface area (Å²) in [6, 6.07) is 6.48. The highest BCUT2D eigenvalue weighted by Crippen LogP contribution is 2.41. The molecule has 3 heterocycles. The van der Waals surface area contributed by atoms with Crippen LogP contribution in [0.3, 0.4) is 0 Å². The molecule has 0 spiro atoms. The molecule has 178 valence electrons. The van der Waals surface area contributed by atoms with Crippen molar-refractivity contribution in [3.05, 3.63) is 35.7 Å². The third kappa shape index (κ3) is 4.74. The summed E-state index contributed by atoms with van der Waals surface area (Å²) in [6.07, 6.45) is 1.74. The SMILES string of the molecule is Cc1nc(-c2ccc(OC(F)(F)F)cc2)n(C2CC2)c1C(=O)N1CCC(N2CCCC2)CC1. The predicted molar refractivity (Wildman–Crippen MR) is 117 cm³/mol. The molecule has 6 nitrogen and oxygen atoms in total. The molecule has 1 saturated carbocycles. The van der Waals surface area contributed by atoms with Crippen molar-refractivity contribution in [2.75, 3.05) is 26.2 Å². The van der Waals surface area contributed by atoms with Crippen LogP contribution in [0.5, 0.6) is 5.75 Å². The van der Waals surface area contributed by atoms with Crippen molar-refractivity contribution < 1.29 is 22.7 Å². The fourth-order valence-electron chi connectivity index (χ4n) is 5.19. The topological polar surface area (TPSA) is 50.6 Å². The molecule has 1 amide bonds. The maximum absolute atomic E-state index is 13.6.